The van der Waals surface area contributed by atoms with E-state index in [1.165, 1.54) is 9.36 Å². The Morgan fingerprint density at radius 3 is 2.67 bits per heavy atom. The van der Waals surface area contributed by atoms with Gasteiger partial charge in [0, 0.05) is 18.6 Å². The molecule has 6 nitrogen and oxygen atoms in total. The summed E-state index contributed by atoms with van der Waals surface area (Å²) in [5.41, 5.74) is 0.338. The number of hydrogen-bond acceptors (Lipinski definition) is 4. The highest BCUT2D eigenvalue weighted by Gasteiger charge is 2.05. The van der Waals surface area contributed by atoms with Crippen molar-refractivity contribution in [2.45, 2.75) is 6.92 Å². The Balaban J connectivity index is 2.52. The highest BCUT2D eigenvalue weighted by Crippen LogP contribution is 1.98. The molecule has 0 unspecified atom stereocenters. The Hall–Kier alpha value is -2.24. The molecule has 0 spiro atoms. The minimum Gasteiger partial charge on any atom is -0.265 e. The molecule has 0 amide bonds. The average Bonchev–Trinajstić information content (AvgIpc) is 2.63. The first kappa shape index (κ1) is 9.32. The molecule has 76 valence electrons. The first-order valence-corrected chi connectivity index (χ1v) is 4.40. The molecule has 0 aliphatic carbocycles. The van der Waals surface area contributed by atoms with Crippen molar-refractivity contribution in [2.75, 3.05) is 0 Å². The third-order valence-electron chi connectivity index (χ3n) is 1.80. The maximum absolute atomic E-state index is 11.7. The van der Waals surface area contributed by atoms with E-state index in [2.05, 4.69) is 15.4 Å². The van der Waals surface area contributed by atoms with E-state index in [9.17, 15) is 4.79 Å². The fourth-order valence-electron chi connectivity index (χ4n) is 1.14. The van der Waals surface area contributed by atoms with Crippen LogP contribution in [0, 0.1) is 0 Å². The zero-order chi connectivity index (χ0) is 10.7. The molecule has 0 aromatic carbocycles. The second kappa shape index (κ2) is 3.87. The zero-order valence-corrected chi connectivity index (χ0v) is 8.11. The molecular formula is C9H9N5O. The molecular weight excluding hydrogens is 194 g/mol. The van der Waals surface area contributed by atoms with Crippen molar-refractivity contribution in [3.63, 3.8) is 0 Å². The van der Waals surface area contributed by atoms with Crippen LogP contribution in [-0.4, -0.2) is 24.8 Å². The molecule has 0 aliphatic rings. The maximum Gasteiger partial charge on any atom is 0.372 e. The van der Waals surface area contributed by atoms with Crippen molar-refractivity contribution in [2.24, 2.45) is 0 Å². The predicted octanol–water partition coefficient (Wildman–Crippen LogP) is 0.315. The number of nitrogens with zero attached hydrogens (tertiary/aromatic N) is 5. The molecule has 2 aromatic rings. The van der Waals surface area contributed by atoms with Gasteiger partial charge >= 0.3 is 5.69 Å². The minimum atomic E-state index is -0.306. The fraction of sp³-hybridized carbons (Fsp3) is 0.111. The van der Waals surface area contributed by atoms with Crippen LogP contribution in [0.4, 0.5) is 0 Å². The number of hydrogen-bond donors (Lipinski definition) is 0. The summed E-state index contributed by atoms with van der Waals surface area (Å²) < 4.78 is 2.38. The highest BCUT2D eigenvalue weighted by atomic mass is 16.2. The summed E-state index contributed by atoms with van der Waals surface area (Å²) in [4.78, 5) is 15.5. The van der Waals surface area contributed by atoms with E-state index < -0.39 is 0 Å². The summed E-state index contributed by atoms with van der Waals surface area (Å²) in [6, 6.07) is 3.38. The summed E-state index contributed by atoms with van der Waals surface area (Å²) in [5.74, 6) is 0. The van der Waals surface area contributed by atoms with Crippen molar-refractivity contribution in [1.29, 1.82) is 0 Å². The number of allylic oxidation sites excluding steroid dienone is 1. The lowest BCUT2D eigenvalue weighted by atomic mass is 10.4. The summed E-state index contributed by atoms with van der Waals surface area (Å²) in [6.45, 7) is 1.80. The number of rotatable bonds is 2. The molecule has 0 saturated carbocycles. The Labute approximate surface area is 85.5 Å². The standard InChI is InChI=1S/C9H9N5O/c1-2-7-13-9(15)14(12-11-13)8-3-5-10-6-4-8/h2-7H,1H3/b7-2-. The third-order valence-corrected chi connectivity index (χ3v) is 1.80. The van der Waals surface area contributed by atoms with Gasteiger partial charge in [-0.15, -0.1) is 0 Å². The van der Waals surface area contributed by atoms with Crippen LogP contribution in [-0.2, 0) is 0 Å². The molecule has 15 heavy (non-hydrogen) atoms. The van der Waals surface area contributed by atoms with E-state index >= 15 is 0 Å². The Kier molecular flexibility index (Phi) is 2.40. The smallest absolute Gasteiger partial charge is 0.265 e. The SMILES string of the molecule is C/C=C\n1nnn(-c2ccncc2)c1=O. The Bertz CT molecular complexity index is 525. The molecule has 0 saturated heterocycles. The number of tetrazole rings is 1. The highest BCUT2D eigenvalue weighted by molar-refractivity contribution is 5.27. The topological polar surface area (TPSA) is 65.6 Å². The molecule has 0 aliphatic heterocycles. The van der Waals surface area contributed by atoms with Crippen LogP contribution in [0.15, 0.2) is 35.4 Å². The lowest BCUT2D eigenvalue weighted by Crippen LogP contribution is -2.21. The van der Waals surface area contributed by atoms with E-state index in [1.54, 1.807) is 43.7 Å². The van der Waals surface area contributed by atoms with Crippen molar-refractivity contribution < 1.29 is 0 Å². The van der Waals surface area contributed by atoms with E-state index in [0.717, 1.165) is 0 Å². The van der Waals surface area contributed by atoms with Crippen molar-refractivity contribution in [1.82, 2.24) is 24.8 Å². The summed E-state index contributed by atoms with van der Waals surface area (Å²) in [6.07, 6.45) is 6.45. The van der Waals surface area contributed by atoms with Gasteiger partial charge in [0.05, 0.1) is 5.69 Å². The van der Waals surface area contributed by atoms with E-state index in [-0.39, 0.29) is 5.69 Å². The maximum atomic E-state index is 11.7. The minimum absolute atomic E-state index is 0.306. The average molecular weight is 203 g/mol. The van der Waals surface area contributed by atoms with Gasteiger partial charge in [0.1, 0.15) is 0 Å². The van der Waals surface area contributed by atoms with Gasteiger partial charge in [-0.3, -0.25) is 4.98 Å². The van der Waals surface area contributed by atoms with Gasteiger partial charge in [0.2, 0.25) is 0 Å². The van der Waals surface area contributed by atoms with E-state index in [4.69, 9.17) is 0 Å². The van der Waals surface area contributed by atoms with Gasteiger partial charge < -0.3 is 0 Å². The van der Waals surface area contributed by atoms with Gasteiger partial charge in [-0.1, -0.05) is 6.08 Å². The van der Waals surface area contributed by atoms with Gasteiger partial charge in [-0.25, -0.2) is 4.79 Å². The van der Waals surface area contributed by atoms with Gasteiger partial charge in [-0.05, 0) is 29.5 Å². The fourth-order valence-corrected chi connectivity index (χ4v) is 1.14. The Morgan fingerprint density at radius 1 is 1.27 bits per heavy atom. The molecule has 0 radical (unpaired) electrons. The normalized spacial score (nSPS) is 11.0. The number of aromatic nitrogens is 5. The van der Waals surface area contributed by atoms with Crippen LogP contribution in [0.3, 0.4) is 0 Å². The lowest BCUT2D eigenvalue weighted by molar-refractivity contribution is 0.766. The number of pyridine rings is 1. The molecule has 0 bridgehead atoms. The second-order valence-corrected chi connectivity index (χ2v) is 2.81. The van der Waals surface area contributed by atoms with Gasteiger partial charge in [-0.2, -0.15) is 9.36 Å². The van der Waals surface area contributed by atoms with Gasteiger partial charge in [0.25, 0.3) is 0 Å². The third kappa shape index (κ3) is 1.69. The van der Waals surface area contributed by atoms with Crippen molar-refractivity contribution in [3.8, 4) is 5.69 Å². The summed E-state index contributed by atoms with van der Waals surface area (Å²) in [5, 5.41) is 7.43. The quantitative estimate of drug-likeness (QED) is 0.704. The van der Waals surface area contributed by atoms with Crippen molar-refractivity contribution in [3.05, 3.63) is 41.1 Å². The van der Waals surface area contributed by atoms with Gasteiger partial charge in [0.15, 0.2) is 0 Å². The van der Waals surface area contributed by atoms with Crippen LogP contribution in [0.2, 0.25) is 0 Å². The molecule has 2 aromatic heterocycles. The molecule has 2 heterocycles. The first-order chi connectivity index (χ1) is 7.33. The Morgan fingerprint density at radius 2 is 2.00 bits per heavy atom. The lowest BCUT2D eigenvalue weighted by Gasteiger charge is -1.94. The van der Waals surface area contributed by atoms with E-state index in [1.807, 2.05) is 0 Å². The van der Waals surface area contributed by atoms with Crippen LogP contribution in [0.5, 0.6) is 0 Å². The zero-order valence-electron chi connectivity index (χ0n) is 8.11. The predicted molar refractivity (Wildman–Crippen MR) is 54.4 cm³/mol. The molecule has 0 fully saturated rings. The van der Waals surface area contributed by atoms with Crippen LogP contribution in [0.1, 0.15) is 6.92 Å². The van der Waals surface area contributed by atoms with Crippen molar-refractivity contribution >= 4 is 6.20 Å². The second-order valence-electron chi connectivity index (χ2n) is 2.81. The van der Waals surface area contributed by atoms with E-state index in [0.29, 0.717) is 5.69 Å². The molecule has 0 N–H and O–H groups in total. The van der Waals surface area contributed by atoms with Crippen LogP contribution < -0.4 is 5.69 Å². The van der Waals surface area contributed by atoms with Crippen LogP contribution >= 0.6 is 0 Å². The summed E-state index contributed by atoms with van der Waals surface area (Å²) >= 11 is 0. The largest absolute Gasteiger partial charge is 0.372 e. The monoisotopic (exact) mass is 203 g/mol. The molecule has 6 heteroatoms. The van der Waals surface area contributed by atoms with Crippen LogP contribution in [0.25, 0.3) is 11.9 Å². The summed E-state index contributed by atoms with van der Waals surface area (Å²) in [7, 11) is 0. The first-order valence-electron chi connectivity index (χ1n) is 4.40. The molecule has 0 atom stereocenters. The molecule has 2 rings (SSSR count).